The van der Waals surface area contributed by atoms with Crippen molar-refractivity contribution in [2.75, 3.05) is 0 Å². The van der Waals surface area contributed by atoms with Gasteiger partial charge in [-0.05, 0) is 31.0 Å². The van der Waals surface area contributed by atoms with Crippen LogP contribution in [0.25, 0.3) is 5.69 Å². The SMILES string of the molecule is CC(N)Cc1cc(F)c(-n2cc(C(N)=O)cn2)c(F)c1. The maximum absolute atomic E-state index is 14.0. The molecule has 0 radical (unpaired) electrons. The molecule has 0 aliphatic heterocycles. The van der Waals surface area contributed by atoms with Crippen molar-refractivity contribution in [2.24, 2.45) is 11.5 Å². The zero-order chi connectivity index (χ0) is 14.9. The minimum atomic E-state index is -0.778. The first kappa shape index (κ1) is 14.1. The fraction of sp³-hybridized carbons (Fsp3) is 0.231. The number of hydrogen-bond donors (Lipinski definition) is 2. The number of carbonyl (C=O) groups is 1. The Kier molecular flexibility index (Phi) is 3.80. The van der Waals surface area contributed by atoms with E-state index in [1.165, 1.54) is 18.3 Å². The molecule has 2 rings (SSSR count). The Bertz CT molecular complexity index is 629. The van der Waals surface area contributed by atoms with Crippen LogP contribution in [0.2, 0.25) is 0 Å². The lowest BCUT2D eigenvalue weighted by Gasteiger charge is -2.09. The summed E-state index contributed by atoms with van der Waals surface area (Å²) in [5, 5.41) is 3.73. The lowest BCUT2D eigenvalue weighted by Crippen LogP contribution is -2.18. The first-order chi connectivity index (χ1) is 9.38. The van der Waals surface area contributed by atoms with Crippen LogP contribution < -0.4 is 11.5 Å². The molecule has 0 aliphatic rings. The van der Waals surface area contributed by atoms with Gasteiger partial charge < -0.3 is 11.5 Å². The van der Waals surface area contributed by atoms with Crippen LogP contribution in [0.1, 0.15) is 22.8 Å². The molecule has 4 N–H and O–H groups in total. The molecule has 1 unspecified atom stereocenters. The van der Waals surface area contributed by atoms with Crippen molar-refractivity contribution < 1.29 is 13.6 Å². The highest BCUT2D eigenvalue weighted by Crippen LogP contribution is 2.20. The Morgan fingerprint density at radius 2 is 2.00 bits per heavy atom. The van der Waals surface area contributed by atoms with Gasteiger partial charge >= 0.3 is 0 Å². The average molecular weight is 280 g/mol. The van der Waals surface area contributed by atoms with Gasteiger partial charge in [-0.1, -0.05) is 0 Å². The summed E-state index contributed by atoms with van der Waals surface area (Å²) in [6.45, 7) is 1.75. The molecule has 1 aromatic carbocycles. The summed E-state index contributed by atoms with van der Waals surface area (Å²) >= 11 is 0. The van der Waals surface area contributed by atoms with E-state index in [0.29, 0.717) is 12.0 Å². The third-order valence-corrected chi connectivity index (χ3v) is 2.73. The van der Waals surface area contributed by atoms with Crippen LogP contribution in [0.5, 0.6) is 0 Å². The smallest absolute Gasteiger partial charge is 0.251 e. The molecule has 1 amide bonds. The second-order valence-electron chi connectivity index (χ2n) is 4.63. The van der Waals surface area contributed by atoms with Gasteiger partial charge in [0, 0.05) is 12.2 Å². The fourth-order valence-electron chi connectivity index (χ4n) is 1.90. The molecule has 20 heavy (non-hydrogen) atoms. The molecule has 0 spiro atoms. The quantitative estimate of drug-likeness (QED) is 0.880. The van der Waals surface area contributed by atoms with E-state index in [9.17, 15) is 13.6 Å². The van der Waals surface area contributed by atoms with Crippen molar-refractivity contribution >= 4 is 5.91 Å². The number of amides is 1. The molecule has 5 nitrogen and oxygen atoms in total. The van der Waals surface area contributed by atoms with Gasteiger partial charge in [0.05, 0.1) is 11.8 Å². The molecule has 7 heteroatoms. The van der Waals surface area contributed by atoms with Crippen molar-refractivity contribution in [1.82, 2.24) is 9.78 Å². The van der Waals surface area contributed by atoms with Gasteiger partial charge in [-0.2, -0.15) is 5.10 Å². The van der Waals surface area contributed by atoms with Crippen LogP contribution in [0, 0.1) is 11.6 Å². The van der Waals surface area contributed by atoms with Crippen LogP contribution >= 0.6 is 0 Å². The van der Waals surface area contributed by atoms with E-state index < -0.39 is 17.5 Å². The summed E-state index contributed by atoms with van der Waals surface area (Å²) in [5.41, 5.74) is 10.8. The van der Waals surface area contributed by atoms with Crippen molar-refractivity contribution in [2.45, 2.75) is 19.4 Å². The van der Waals surface area contributed by atoms with Crippen LogP contribution in [0.4, 0.5) is 8.78 Å². The summed E-state index contributed by atoms with van der Waals surface area (Å²) in [6, 6.07) is 2.20. The molecule has 1 aromatic heterocycles. The Labute approximate surface area is 114 Å². The molecule has 0 fully saturated rings. The number of halogens is 2. The van der Waals surface area contributed by atoms with Crippen LogP contribution in [-0.2, 0) is 6.42 Å². The zero-order valence-electron chi connectivity index (χ0n) is 10.8. The van der Waals surface area contributed by atoms with Gasteiger partial charge in [0.25, 0.3) is 5.91 Å². The van der Waals surface area contributed by atoms with Crippen molar-refractivity contribution in [3.05, 3.63) is 47.3 Å². The summed E-state index contributed by atoms with van der Waals surface area (Å²) in [6.07, 6.45) is 2.69. The number of nitrogens with two attached hydrogens (primary N) is 2. The molecule has 1 atom stereocenters. The molecule has 0 saturated heterocycles. The van der Waals surface area contributed by atoms with Crippen LogP contribution in [0.15, 0.2) is 24.5 Å². The Hall–Kier alpha value is -2.28. The summed E-state index contributed by atoms with van der Waals surface area (Å²) in [4.78, 5) is 11.0. The predicted octanol–water partition coefficient (Wildman–Crippen LogP) is 1.14. The van der Waals surface area contributed by atoms with Gasteiger partial charge in [-0.25, -0.2) is 13.5 Å². The van der Waals surface area contributed by atoms with Crippen LogP contribution in [0.3, 0.4) is 0 Å². The molecule has 2 aromatic rings. The monoisotopic (exact) mass is 280 g/mol. The van der Waals surface area contributed by atoms with Gasteiger partial charge in [0.1, 0.15) is 5.69 Å². The molecule has 0 aliphatic carbocycles. The number of nitrogens with zero attached hydrogens (tertiary/aromatic N) is 2. The normalized spacial score (nSPS) is 12.4. The Morgan fingerprint density at radius 3 is 2.45 bits per heavy atom. The molecule has 0 saturated carbocycles. The van der Waals surface area contributed by atoms with E-state index in [1.807, 2.05) is 0 Å². The second-order valence-corrected chi connectivity index (χ2v) is 4.63. The van der Waals surface area contributed by atoms with Gasteiger partial charge in [-0.3, -0.25) is 4.79 Å². The van der Waals surface area contributed by atoms with Gasteiger partial charge in [0.2, 0.25) is 0 Å². The first-order valence-electron chi connectivity index (χ1n) is 5.97. The van der Waals surface area contributed by atoms with E-state index >= 15 is 0 Å². The Balaban J connectivity index is 2.43. The lowest BCUT2D eigenvalue weighted by atomic mass is 10.1. The van der Waals surface area contributed by atoms with E-state index in [-0.39, 0.29) is 17.3 Å². The highest BCUT2D eigenvalue weighted by atomic mass is 19.1. The molecule has 106 valence electrons. The highest BCUT2D eigenvalue weighted by molar-refractivity contribution is 5.92. The largest absolute Gasteiger partial charge is 0.366 e. The number of hydrogen-bond acceptors (Lipinski definition) is 3. The summed E-state index contributed by atoms with van der Waals surface area (Å²) in [5.74, 6) is -2.27. The topological polar surface area (TPSA) is 86.9 Å². The van der Waals surface area contributed by atoms with E-state index in [0.717, 1.165) is 10.9 Å². The van der Waals surface area contributed by atoms with E-state index in [4.69, 9.17) is 11.5 Å². The third-order valence-electron chi connectivity index (χ3n) is 2.73. The van der Waals surface area contributed by atoms with E-state index in [2.05, 4.69) is 5.10 Å². The summed E-state index contributed by atoms with van der Waals surface area (Å²) in [7, 11) is 0. The van der Waals surface area contributed by atoms with Crippen molar-refractivity contribution in [1.29, 1.82) is 0 Å². The zero-order valence-corrected chi connectivity index (χ0v) is 10.8. The Morgan fingerprint density at radius 1 is 1.40 bits per heavy atom. The highest BCUT2D eigenvalue weighted by Gasteiger charge is 2.16. The maximum Gasteiger partial charge on any atom is 0.251 e. The first-order valence-corrected chi connectivity index (χ1v) is 5.97. The van der Waals surface area contributed by atoms with Crippen molar-refractivity contribution in [3.63, 3.8) is 0 Å². The van der Waals surface area contributed by atoms with Gasteiger partial charge in [0.15, 0.2) is 11.6 Å². The third kappa shape index (κ3) is 2.83. The number of aromatic nitrogens is 2. The van der Waals surface area contributed by atoms with E-state index in [1.54, 1.807) is 6.92 Å². The second kappa shape index (κ2) is 5.38. The van der Waals surface area contributed by atoms with Crippen LogP contribution in [-0.4, -0.2) is 21.7 Å². The molecular formula is C13H14F2N4O. The molecule has 0 bridgehead atoms. The number of rotatable bonds is 4. The average Bonchev–Trinajstić information content (AvgIpc) is 2.76. The summed E-state index contributed by atoms with van der Waals surface area (Å²) < 4.78 is 28.9. The predicted molar refractivity (Wildman–Crippen MR) is 69.4 cm³/mol. The number of benzene rings is 1. The standard InChI is InChI=1S/C13H14F2N4O/c1-7(16)2-8-3-10(14)12(11(15)4-8)19-6-9(5-18-19)13(17)20/h3-7H,2,16H2,1H3,(H2,17,20). The fourth-order valence-corrected chi connectivity index (χ4v) is 1.90. The minimum Gasteiger partial charge on any atom is -0.366 e. The lowest BCUT2D eigenvalue weighted by molar-refractivity contribution is 0.100. The molecule has 1 heterocycles. The van der Waals surface area contributed by atoms with Gasteiger partial charge in [-0.15, -0.1) is 0 Å². The number of carbonyl (C=O) groups excluding carboxylic acids is 1. The van der Waals surface area contributed by atoms with Crippen molar-refractivity contribution in [3.8, 4) is 5.69 Å². The number of primary amides is 1. The minimum absolute atomic E-state index is 0.0726. The molecular weight excluding hydrogens is 266 g/mol. The maximum atomic E-state index is 14.0.